The summed E-state index contributed by atoms with van der Waals surface area (Å²) in [5.74, 6) is 1.97. The van der Waals surface area contributed by atoms with Crippen molar-refractivity contribution in [1.82, 2.24) is 20.2 Å². The molecule has 1 atom stereocenters. The maximum absolute atomic E-state index is 12.5. The SMILES string of the molecule is C[C@H](Sc1n[nH]c(-c2ccncc2)n1)C(=O)Nc1ccc(Oc2ccccc2)cc1. The van der Waals surface area contributed by atoms with Gasteiger partial charge in [-0.3, -0.25) is 14.9 Å². The van der Waals surface area contributed by atoms with E-state index in [4.69, 9.17) is 4.74 Å². The number of aromatic amines is 1. The maximum Gasteiger partial charge on any atom is 0.237 e. The lowest BCUT2D eigenvalue weighted by Crippen LogP contribution is -2.22. The number of carbonyl (C=O) groups excluding carboxylic acids is 1. The molecular weight excluding hydrogens is 398 g/mol. The number of thioether (sulfide) groups is 1. The van der Waals surface area contributed by atoms with E-state index in [0.29, 0.717) is 22.4 Å². The summed E-state index contributed by atoms with van der Waals surface area (Å²) in [4.78, 5) is 21.0. The molecule has 1 amide bonds. The smallest absolute Gasteiger partial charge is 0.237 e. The first-order valence-corrected chi connectivity index (χ1v) is 10.2. The molecule has 0 fully saturated rings. The van der Waals surface area contributed by atoms with Crippen LogP contribution in [0.4, 0.5) is 5.69 Å². The Morgan fingerprint density at radius 3 is 2.43 bits per heavy atom. The van der Waals surface area contributed by atoms with E-state index in [9.17, 15) is 4.79 Å². The number of benzene rings is 2. The first-order chi connectivity index (χ1) is 14.7. The number of pyridine rings is 1. The lowest BCUT2D eigenvalue weighted by Gasteiger charge is -2.11. The Morgan fingerprint density at radius 1 is 1.00 bits per heavy atom. The fourth-order valence-electron chi connectivity index (χ4n) is 2.62. The molecule has 2 aromatic carbocycles. The van der Waals surface area contributed by atoms with Crippen LogP contribution in [0.3, 0.4) is 0 Å². The van der Waals surface area contributed by atoms with E-state index in [-0.39, 0.29) is 11.2 Å². The lowest BCUT2D eigenvalue weighted by atomic mass is 10.3. The molecule has 0 radical (unpaired) electrons. The Hall–Kier alpha value is -3.65. The van der Waals surface area contributed by atoms with Crippen LogP contribution in [0.1, 0.15) is 6.92 Å². The van der Waals surface area contributed by atoms with E-state index in [1.54, 1.807) is 12.4 Å². The van der Waals surface area contributed by atoms with Crippen LogP contribution in [-0.2, 0) is 4.79 Å². The summed E-state index contributed by atoms with van der Waals surface area (Å²) in [5.41, 5.74) is 1.58. The molecule has 2 aromatic heterocycles. The molecule has 0 aliphatic heterocycles. The number of rotatable bonds is 7. The van der Waals surface area contributed by atoms with Gasteiger partial charge in [0.05, 0.1) is 5.25 Å². The molecule has 150 valence electrons. The third-order valence-corrected chi connectivity index (χ3v) is 5.13. The van der Waals surface area contributed by atoms with Gasteiger partial charge in [0.25, 0.3) is 0 Å². The number of carbonyl (C=O) groups is 1. The summed E-state index contributed by atoms with van der Waals surface area (Å²) in [5, 5.41) is 10.1. The fourth-order valence-corrected chi connectivity index (χ4v) is 3.35. The molecule has 4 rings (SSSR count). The van der Waals surface area contributed by atoms with Gasteiger partial charge in [0.1, 0.15) is 11.5 Å². The number of hydrogen-bond donors (Lipinski definition) is 2. The van der Waals surface area contributed by atoms with Crippen molar-refractivity contribution >= 4 is 23.4 Å². The van der Waals surface area contributed by atoms with Gasteiger partial charge in [0, 0.05) is 23.6 Å². The first kappa shape index (κ1) is 19.7. The number of nitrogens with zero attached hydrogens (tertiary/aromatic N) is 3. The van der Waals surface area contributed by atoms with Gasteiger partial charge in [-0.05, 0) is 55.5 Å². The van der Waals surface area contributed by atoms with Gasteiger partial charge in [0.15, 0.2) is 5.82 Å². The van der Waals surface area contributed by atoms with E-state index in [1.807, 2.05) is 73.7 Å². The molecule has 0 unspecified atom stereocenters. The van der Waals surface area contributed by atoms with Crippen LogP contribution in [0.25, 0.3) is 11.4 Å². The zero-order valence-electron chi connectivity index (χ0n) is 16.1. The molecule has 2 heterocycles. The molecule has 0 aliphatic carbocycles. The van der Waals surface area contributed by atoms with E-state index in [2.05, 4.69) is 25.5 Å². The van der Waals surface area contributed by atoms with Gasteiger partial charge in [0.2, 0.25) is 11.1 Å². The monoisotopic (exact) mass is 417 g/mol. The second-order valence-electron chi connectivity index (χ2n) is 6.39. The van der Waals surface area contributed by atoms with Gasteiger partial charge < -0.3 is 10.1 Å². The van der Waals surface area contributed by atoms with Gasteiger partial charge in [-0.25, -0.2) is 4.98 Å². The van der Waals surface area contributed by atoms with Crippen molar-refractivity contribution in [3.63, 3.8) is 0 Å². The standard InChI is InChI=1S/C22H19N5O2S/c1-15(30-22-25-20(26-27-22)16-11-13-23-14-12-16)21(28)24-17-7-9-19(10-8-17)29-18-5-3-2-4-6-18/h2-15H,1H3,(H,24,28)(H,25,26,27)/t15-/m0/s1. The quantitative estimate of drug-likeness (QED) is 0.421. The number of nitrogens with one attached hydrogen (secondary N) is 2. The van der Waals surface area contributed by atoms with Crippen molar-refractivity contribution in [2.24, 2.45) is 0 Å². The van der Waals surface area contributed by atoms with E-state index >= 15 is 0 Å². The molecule has 7 nitrogen and oxygen atoms in total. The number of amides is 1. The first-order valence-electron chi connectivity index (χ1n) is 9.31. The predicted molar refractivity (Wildman–Crippen MR) is 117 cm³/mol. The Labute approximate surface area is 177 Å². The zero-order valence-corrected chi connectivity index (χ0v) is 17.0. The Balaban J connectivity index is 1.33. The maximum atomic E-state index is 12.5. The highest BCUT2D eigenvalue weighted by atomic mass is 32.2. The third kappa shape index (κ3) is 5.03. The molecule has 4 aromatic rings. The average molecular weight is 417 g/mol. The number of ether oxygens (including phenoxy) is 1. The molecule has 0 saturated carbocycles. The predicted octanol–water partition coefficient (Wildman–Crippen LogP) is 4.78. The van der Waals surface area contributed by atoms with Crippen molar-refractivity contribution in [2.45, 2.75) is 17.3 Å². The largest absolute Gasteiger partial charge is 0.457 e. The highest BCUT2D eigenvalue weighted by Crippen LogP contribution is 2.25. The summed E-state index contributed by atoms with van der Waals surface area (Å²) in [6.45, 7) is 1.81. The van der Waals surface area contributed by atoms with Crippen LogP contribution in [0.15, 0.2) is 84.3 Å². The van der Waals surface area contributed by atoms with E-state index in [1.165, 1.54) is 11.8 Å². The summed E-state index contributed by atoms with van der Waals surface area (Å²) < 4.78 is 5.76. The summed E-state index contributed by atoms with van der Waals surface area (Å²) in [6.07, 6.45) is 3.38. The number of hydrogen-bond acceptors (Lipinski definition) is 6. The molecule has 0 bridgehead atoms. The number of para-hydroxylation sites is 1. The Morgan fingerprint density at radius 2 is 1.70 bits per heavy atom. The van der Waals surface area contributed by atoms with Gasteiger partial charge in [-0.2, -0.15) is 0 Å². The zero-order chi connectivity index (χ0) is 20.8. The third-order valence-electron chi connectivity index (χ3n) is 4.17. The van der Waals surface area contributed by atoms with Gasteiger partial charge in [-0.1, -0.05) is 30.0 Å². The van der Waals surface area contributed by atoms with Crippen molar-refractivity contribution in [3.8, 4) is 22.9 Å². The number of anilines is 1. The van der Waals surface area contributed by atoms with Crippen LogP contribution < -0.4 is 10.1 Å². The lowest BCUT2D eigenvalue weighted by molar-refractivity contribution is -0.115. The second kappa shape index (κ2) is 9.23. The minimum Gasteiger partial charge on any atom is -0.457 e. The summed E-state index contributed by atoms with van der Waals surface area (Å²) in [6, 6.07) is 20.5. The minimum absolute atomic E-state index is 0.132. The van der Waals surface area contributed by atoms with Crippen LogP contribution >= 0.6 is 11.8 Å². The average Bonchev–Trinajstić information content (AvgIpc) is 3.25. The van der Waals surface area contributed by atoms with Gasteiger partial charge >= 0.3 is 0 Å². The number of H-pyrrole nitrogens is 1. The second-order valence-corrected chi connectivity index (χ2v) is 7.70. The fraction of sp³-hybridized carbons (Fsp3) is 0.0909. The van der Waals surface area contributed by atoms with Crippen LogP contribution in [0.5, 0.6) is 11.5 Å². The van der Waals surface area contributed by atoms with Crippen LogP contribution in [-0.4, -0.2) is 31.3 Å². The van der Waals surface area contributed by atoms with Crippen molar-refractivity contribution in [2.75, 3.05) is 5.32 Å². The van der Waals surface area contributed by atoms with E-state index in [0.717, 1.165) is 11.3 Å². The van der Waals surface area contributed by atoms with Gasteiger partial charge in [-0.15, -0.1) is 5.10 Å². The highest BCUT2D eigenvalue weighted by Gasteiger charge is 2.17. The minimum atomic E-state index is -0.369. The normalized spacial score (nSPS) is 11.6. The summed E-state index contributed by atoms with van der Waals surface area (Å²) >= 11 is 1.29. The van der Waals surface area contributed by atoms with Crippen molar-refractivity contribution in [3.05, 3.63) is 79.1 Å². The van der Waals surface area contributed by atoms with E-state index < -0.39 is 0 Å². The molecule has 8 heteroatoms. The number of aromatic nitrogens is 4. The highest BCUT2D eigenvalue weighted by molar-refractivity contribution is 8.00. The Bertz CT molecular complexity index is 1100. The molecule has 0 spiro atoms. The molecular formula is C22H19N5O2S. The van der Waals surface area contributed by atoms with Crippen molar-refractivity contribution in [1.29, 1.82) is 0 Å². The molecule has 0 aliphatic rings. The molecule has 0 saturated heterocycles. The summed E-state index contributed by atoms with van der Waals surface area (Å²) in [7, 11) is 0. The Kier molecular flexibility index (Phi) is 6.05. The molecule has 2 N–H and O–H groups in total. The van der Waals surface area contributed by atoms with Crippen LogP contribution in [0, 0.1) is 0 Å². The van der Waals surface area contributed by atoms with Crippen LogP contribution in [0.2, 0.25) is 0 Å². The van der Waals surface area contributed by atoms with Crippen molar-refractivity contribution < 1.29 is 9.53 Å². The topological polar surface area (TPSA) is 92.8 Å². The molecule has 30 heavy (non-hydrogen) atoms.